The van der Waals surface area contributed by atoms with Gasteiger partial charge in [0.25, 0.3) is 0 Å². The van der Waals surface area contributed by atoms with Crippen LogP contribution in [0.5, 0.6) is 5.75 Å². The van der Waals surface area contributed by atoms with Crippen molar-refractivity contribution in [2.45, 2.75) is 31.9 Å². The number of nitrogens with one attached hydrogen (secondary N) is 1. The van der Waals surface area contributed by atoms with Crippen molar-refractivity contribution in [1.29, 1.82) is 0 Å². The first-order valence-electron chi connectivity index (χ1n) is 6.30. The molecule has 18 heavy (non-hydrogen) atoms. The summed E-state index contributed by atoms with van der Waals surface area (Å²) in [4.78, 5) is 0. The standard InChI is InChI=1S/C14H23NO3/c1-11(15-9-14(17)10-18-2)3-4-12-5-7-13(16)8-6-12/h5-8,11,14-17H,3-4,9-10H2,1-2H3. The largest absolute Gasteiger partial charge is 0.508 e. The van der Waals surface area contributed by atoms with Crippen molar-refractivity contribution >= 4 is 0 Å². The lowest BCUT2D eigenvalue weighted by Gasteiger charge is -2.16. The van der Waals surface area contributed by atoms with Crippen LogP contribution in [0.1, 0.15) is 18.9 Å². The van der Waals surface area contributed by atoms with Crippen LogP contribution >= 0.6 is 0 Å². The third kappa shape index (κ3) is 6.00. The van der Waals surface area contributed by atoms with Gasteiger partial charge in [-0.2, -0.15) is 0 Å². The molecule has 4 heteroatoms. The number of ether oxygens (including phenoxy) is 1. The lowest BCUT2D eigenvalue weighted by molar-refractivity contribution is 0.0629. The molecule has 0 aromatic heterocycles. The van der Waals surface area contributed by atoms with E-state index in [1.807, 2.05) is 12.1 Å². The number of phenols is 1. The van der Waals surface area contributed by atoms with E-state index in [1.165, 1.54) is 5.56 Å². The molecule has 1 aromatic carbocycles. The summed E-state index contributed by atoms with van der Waals surface area (Å²) in [5.74, 6) is 0.299. The summed E-state index contributed by atoms with van der Waals surface area (Å²) >= 11 is 0. The van der Waals surface area contributed by atoms with E-state index in [1.54, 1.807) is 19.2 Å². The van der Waals surface area contributed by atoms with Crippen molar-refractivity contribution in [2.24, 2.45) is 0 Å². The van der Waals surface area contributed by atoms with E-state index < -0.39 is 6.10 Å². The highest BCUT2D eigenvalue weighted by atomic mass is 16.5. The minimum Gasteiger partial charge on any atom is -0.508 e. The van der Waals surface area contributed by atoms with E-state index in [0.29, 0.717) is 24.9 Å². The van der Waals surface area contributed by atoms with E-state index in [9.17, 15) is 10.2 Å². The van der Waals surface area contributed by atoms with Gasteiger partial charge in [0.1, 0.15) is 5.75 Å². The maximum atomic E-state index is 9.50. The summed E-state index contributed by atoms with van der Waals surface area (Å²) in [5, 5.41) is 21.9. The molecule has 0 aliphatic heterocycles. The zero-order chi connectivity index (χ0) is 13.4. The van der Waals surface area contributed by atoms with Gasteiger partial charge < -0.3 is 20.3 Å². The number of phenolic OH excluding ortho intramolecular Hbond substituents is 1. The van der Waals surface area contributed by atoms with Crippen LogP contribution < -0.4 is 5.32 Å². The molecule has 0 saturated carbocycles. The number of hydrogen-bond donors (Lipinski definition) is 3. The molecule has 0 spiro atoms. The van der Waals surface area contributed by atoms with Crippen molar-refractivity contribution in [3.05, 3.63) is 29.8 Å². The van der Waals surface area contributed by atoms with Gasteiger partial charge in [0.05, 0.1) is 12.7 Å². The van der Waals surface area contributed by atoms with Crippen LogP contribution in [0.2, 0.25) is 0 Å². The highest BCUT2D eigenvalue weighted by molar-refractivity contribution is 5.25. The Kier molecular flexibility index (Phi) is 6.72. The zero-order valence-corrected chi connectivity index (χ0v) is 11.1. The summed E-state index contributed by atoms with van der Waals surface area (Å²) in [5.41, 5.74) is 1.21. The Morgan fingerprint density at radius 2 is 1.94 bits per heavy atom. The van der Waals surface area contributed by atoms with Crippen molar-refractivity contribution < 1.29 is 14.9 Å². The average molecular weight is 253 g/mol. The summed E-state index contributed by atoms with van der Waals surface area (Å²) < 4.78 is 4.86. The van der Waals surface area contributed by atoms with E-state index in [0.717, 1.165) is 12.8 Å². The van der Waals surface area contributed by atoms with Crippen LogP contribution in [0.25, 0.3) is 0 Å². The van der Waals surface area contributed by atoms with Gasteiger partial charge in [0.2, 0.25) is 0 Å². The number of aryl methyl sites for hydroxylation is 1. The topological polar surface area (TPSA) is 61.7 Å². The highest BCUT2D eigenvalue weighted by Gasteiger charge is 2.06. The minimum absolute atomic E-state index is 0.299. The molecule has 2 unspecified atom stereocenters. The van der Waals surface area contributed by atoms with Crippen LogP contribution in [0.15, 0.2) is 24.3 Å². The molecule has 0 aliphatic rings. The maximum Gasteiger partial charge on any atom is 0.115 e. The van der Waals surface area contributed by atoms with Crippen LogP contribution in [0.4, 0.5) is 0 Å². The van der Waals surface area contributed by atoms with Crippen LogP contribution in [-0.2, 0) is 11.2 Å². The molecule has 0 saturated heterocycles. The molecule has 0 radical (unpaired) electrons. The monoisotopic (exact) mass is 253 g/mol. The molecule has 1 rings (SSSR count). The number of aromatic hydroxyl groups is 1. The molecule has 3 N–H and O–H groups in total. The van der Waals surface area contributed by atoms with Crippen LogP contribution in [0.3, 0.4) is 0 Å². The molecule has 4 nitrogen and oxygen atoms in total. The summed E-state index contributed by atoms with van der Waals surface area (Å²) in [6, 6.07) is 7.61. The number of hydrogen-bond acceptors (Lipinski definition) is 4. The normalized spacial score (nSPS) is 14.4. The Morgan fingerprint density at radius 1 is 1.28 bits per heavy atom. The number of aliphatic hydroxyl groups excluding tert-OH is 1. The SMILES string of the molecule is COCC(O)CNC(C)CCc1ccc(O)cc1. The number of aliphatic hydroxyl groups is 1. The number of rotatable bonds is 8. The molecular formula is C14H23NO3. The lowest BCUT2D eigenvalue weighted by Crippen LogP contribution is -2.36. The summed E-state index contributed by atoms with van der Waals surface area (Å²) in [6.07, 6.45) is 1.49. The van der Waals surface area contributed by atoms with E-state index in [4.69, 9.17) is 4.74 Å². The van der Waals surface area contributed by atoms with Gasteiger partial charge in [-0.15, -0.1) is 0 Å². The third-order valence-corrected chi connectivity index (χ3v) is 2.86. The van der Waals surface area contributed by atoms with E-state index >= 15 is 0 Å². The van der Waals surface area contributed by atoms with Gasteiger partial charge in [-0.05, 0) is 37.5 Å². The molecule has 0 bridgehead atoms. The fourth-order valence-electron chi connectivity index (χ4n) is 1.74. The Hall–Kier alpha value is -1.10. The van der Waals surface area contributed by atoms with Crippen molar-refractivity contribution in [3.8, 4) is 5.75 Å². The lowest BCUT2D eigenvalue weighted by atomic mass is 10.1. The highest BCUT2D eigenvalue weighted by Crippen LogP contribution is 2.11. The fraction of sp³-hybridized carbons (Fsp3) is 0.571. The second-order valence-electron chi connectivity index (χ2n) is 4.62. The van der Waals surface area contributed by atoms with Gasteiger partial charge in [-0.25, -0.2) is 0 Å². The molecule has 0 heterocycles. The molecule has 2 atom stereocenters. The first-order chi connectivity index (χ1) is 8.61. The summed E-state index contributed by atoms with van der Waals surface area (Å²) in [7, 11) is 1.58. The van der Waals surface area contributed by atoms with Crippen molar-refractivity contribution in [2.75, 3.05) is 20.3 Å². The quantitative estimate of drug-likeness (QED) is 0.654. The number of methoxy groups -OCH3 is 1. The van der Waals surface area contributed by atoms with Crippen LogP contribution in [-0.4, -0.2) is 42.6 Å². The van der Waals surface area contributed by atoms with Crippen molar-refractivity contribution in [1.82, 2.24) is 5.32 Å². The Bertz CT molecular complexity index is 326. The second-order valence-corrected chi connectivity index (χ2v) is 4.62. The Balaban J connectivity index is 2.20. The van der Waals surface area contributed by atoms with Gasteiger partial charge >= 0.3 is 0 Å². The molecule has 102 valence electrons. The van der Waals surface area contributed by atoms with E-state index in [-0.39, 0.29) is 0 Å². The smallest absolute Gasteiger partial charge is 0.115 e. The predicted molar refractivity (Wildman–Crippen MR) is 71.8 cm³/mol. The van der Waals surface area contributed by atoms with Crippen molar-refractivity contribution in [3.63, 3.8) is 0 Å². The first-order valence-corrected chi connectivity index (χ1v) is 6.30. The molecule has 0 fully saturated rings. The van der Waals surface area contributed by atoms with Gasteiger partial charge in [-0.3, -0.25) is 0 Å². The molecule has 0 aliphatic carbocycles. The minimum atomic E-state index is -0.453. The average Bonchev–Trinajstić information content (AvgIpc) is 2.36. The first kappa shape index (κ1) is 15.0. The Morgan fingerprint density at radius 3 is 2.56 bits per heavy atom. The second kappa shape index (κ2) is 8.08. The third-order valence-electron chi connectivity index (χ3n) is 2.86. The fourth-order valence-corrected chi connectivity index (χ4v) is 1.74. The van der Waals surface area contributed by atoms with Gasteiger partial charge in [0.15, 0.2) is 0 Å². The number of benzene rings is 1. The maximum absolute atomic E-state index is 9.50. The molecule has 1 aromatic rings. The predicted octanol–water partition coefficient (Wildman–Crippen LogP) is 1.31. The van der Waals surface area contributed by atoms with Gasteiger partial charge in [0, 0.05) is 19.7 Å². The van der Waals surface area contributed by atoms with Gasteiger partial charge in [-0.1, -0.05) is 12.1 Å². The Labute approximate surface area is 109 Å². The molecule has 0 amide bonds. The van der Waals surface area contributed by atoms with E-state index in [2.05, 4.69) is 12.2 Å². The zero-order valence-electron chi connectivity index (χ0n) is 11.1. The summed E-state index contributed by atoms with van der Waals surface area (Å²) in [6.45, 7) is 3.00. The van der Waals surface area contributed by atoms with Crippen LogP contribution in [0, 0.1) is 0 Å². The molecular weight excluding hydrogens is 230 g/mol.